The second-order valence-electron chi connectivity index (χ2n) is 12.2. The number of hydrogen-bond acceptors (Lipinski definition) is 5. The molecule has 0 unspecified atom stereocenters. The molecule has 0 aliphatic rings. The second kappa shape index (κ2) is 15.3. The fourth-order valence-electron chi connectivity index (χ4n) is 5.39. The van der Waals surface area contributed by atoms with Crippen molar-refractivity contribution in [2.45, 2.75) is 90.0 Å². The van der Waals surface area contributed by atoms with Crippen LogP contribution in [0.25, 0.3) is 21.8 Å². The van der Waals surface area contributed by atoms with Crippen molar-refractivity contribution < 1.29 is 27.9 Å². The van der Waals surface area contributed by atoms with Gasteiger partial charge in [0.15, 0.2) is 5.82 Å². The normalized spacial score (nSPS) is 12.6. The Bertz CT molecular complexity index is 1780. The van der Waals surface area contributed by atoms with Crippen LogP contribution in [0.15, 0.2) is 60.9 Å². The van der Waals surface area contributed by atoms with Crippen molar-refractivity contribution in [1.29, 1.82) is 0 Å². The topological polar surface area (TPSA) is 155 Å². The Labute approximate surface area is 271 Å². The number of aromatic amines is 2. The third kappa shape index (κ3) is 9.22. The summed E-state index contributed by atoms with van der Waals surface area (Å²) in [6, 6.07) is 16.2. The number of unbranched alkanes of at least 4 members (excludes halogenated alkanes) is 3. The first-order chi connectivity index (χ1) is 22.3. The number of alkyl halides is 3. The average molecular weight is 654 g/mol. The number of nitrogens with two attached hydrogens (primary N) is 1. The van der Waals surface area contributed by atoms with Crippen molar-refractivity contribution in [3.05, 3.63) is 83.7 Å². The zero-order valence-electron chi connectivity index (χ0n) is 26.8. The minimum atomic E-state index is -5.08. The van der Waals surface area contributed by atoms with E-state index in [1.807, 2.05) is 24.4 Å². The number of halogens is 3. The van der Waals surface area contributed by atoms with Crippen LogP contribution in [0.3, 0.4) is 0 Å². The average Bonchev–Trinajstić information content (AvgIpc) is 3.74. The molecule has 0 saturated carbocycles. The fraction of sp³-hybridized carbons (Fsp3) is 0.412. The van der Waals surface area contributed by atoms with Gasteiger partial charge in [-0.2, -0.15) is 13.2 Å². The van der Waals surface area contributed by atoms with E-state index in [1.165, 1.54) is 23.8 Å². The van der Waals surface area contributed by atoms with Crippen molar-refractivity contribution in [3.63, 3.8) is 0 Å². The monoisotopic (exact) mass is 653 g/mol. The summed E-state index contributed by atoms with van der Waals surface area (Å²) in [7, 11) is 0. The summed E-state index contributed by atoms with van der Waals surface area (Å²) in [5.41, 5.74) is 9.80. The molecule has 0 aliphatic carbocycles. The molecular weight excluding hydrogens is 611 g/mol. The minimum Gasteiger partial charge on any atom is -0.475 e. The molecule has 0 aliphatic heterocycles. The van der Waals surface area contributed by atoms with Gasteiger partial charge < -0.3 is 30.7 Å². The molecule has 13 heteroatoms. The van der Waals surface area contributed by atoms with Crippen LogP contribution in [-0.2, 0) is 35.4 Å². The SMILES string of the molecule is CCCCCCn1c(CCc2c[nH]c3ccccc23)nnc1[C@@H](Cc1c[nH]c2ccccc12)NC(=O)C(C)(C)N.O=C(O)C(F)(F)F. The summed E-state index contributed by atoms with van der Waals surface area (Å²) < 4.78 is 34.0. The number of aliphatic carboxylic acids is 1. The molecule has 47 heavy (non-hydrogen) atoms. The quantitative estimate of drug-likeness (QED) is 0.0930. The summed E-state index contributed by atoms with van der Waals surface area (Å²) in [5, 5.41) is 22.1. The molecule has 0 saturated heterocycles. The molecule has 3 aromatic heterocycles. The van der Waals surface area contributed by atoms with Crippen LogP contribution in [0.5, 0.6) is 0 Å². The number of carbonyl (C=O) groups excluding carboxylic acids is 1. The van der Waals surface area contributed by atoms with Gasteiger partial charge in [-0.25, -0.2) is 4.79 Å². The number of benzene rings is 2. The number of H-pyrrole nitrogens is 2. The lowest BCUT2D eigenvalue weighted by molar-refractivity contribution is -0.192. The molecule has 0 spiro atoms. The first kappa shape index (κ1) is 35.2. The van der Waals surface area contributed by atoms with Gasteiger partial charge >= 0.3 is 12.1 Å². The molecule has 10 nitrogen and oxygen atoms in total. The number of aromatic nitrogens is 5. The molecule has 3 heterocycles. The highest BCUT2D eigenvalue weighted by Crippen LogP contribution is 2.26. The Hall–Kier alpha value is -4.65. The molecule has 1 atom stereocenters. The summed E-state index contributed by atoms with van der Waals surface area (Å²) in [6.45, 7) is 6.50. The number of amides is 1. The Kier molecular flexibility index (Phi) is 11.5. The highest BCUT2D eigenvalue weighted by atomic mass is 19.4. The van der Waals surface area contributed by atoms with Crippen molar-refractivity contribution in [3.8, 4) is 0 Å². The van der Waals surface area contributed by atoms with Gasteiger partial charge in [-0.1, -0.05) is 62.6 Å². The lowest BCUT2D eigenvalue weighted by atomic mass is 10.0. The smallest absolute Gasteiger partial charge is 0.475 e. The second-order valence-corrected chi connectivity index (χ2v) is 12.2. The lowest BCUT2D eigenvalue weighted by Crippen LogP contribution is -2.50. The molecule has 5 rings (SSSR count). The van der Waals surface area contributed by atoms with Gasteiger partial charge in [-0.05, 0) is 49.9 Å². The van der Waals surface area contributed by atoms with Gasteiger partial charge in [0.1, 0.15) is 5.82 Å². The van der Waals surface area contributed by atoms with E-state index in [4.69, 9.17) is 20.7 Å². The summed E-state index contributed by atoms with van der Waals surface area (Å²) in [5.74, 6) is -1.24. The highest BCUT2D eigenvalue weighted by molar-refractivity contribution is 5.86. The zero-order valence-corrected chi connectivity index (χ0v) is 26.8. The maximum atomic E-state index is 13.2. The number of para-hydroxylation sites is 2. The van der Waals surface area contributed by atoms with Crippen LogP contribution in [0.2, 0.25) is 0 Å². The Morgan fingerprint density at radius 3 is 2.06 bits per heavy atom. The minimum absolute atomic E-state index is 0.210. The molecule has 6 N–H and O–H groups in total. The van der Waals surface area contributed by atoms with Crippen LogP contribution < -0.4 is 11.1 Å². The van der Waals surface area contributed by atoms with Gasteiger partial charge in [-0.3, -0.25) is 4.79 Å². The number of carboxylic acids is 1. The molecule has 0 fully saturated rings. The van der Waals surface area contributed by atoms with E-state index in [1.54, 1.807) is 13.8 Å². The number of hydrogen-bond donors (Lipinski definition) is 5. The maximum Gasteiger partial charge on any atom is 0.490 e. The Morgan fingerprint density at radius 1 is 0.915 bits per heavy atom. The van der Waals surface area contributed by atoms with Crippen LogP contribution in [-0.4, -0.2) is 53.4 Å². The predicted octanol–water partition coefficient (Wildman–Crippen LogP) is 6.38. The third-order valence-corrected chi connectivity index (χ3v) is 7.93. The lowest BCUT2D eigenvalue weighted by Gasteiger charge is -2.24. The van der Waals surface area contributed by atoms with Crippen molar-refractivity contribution in [2.75, 3.05) is 0 Å². The summed E-state index contributed by atoms with van der Waals surface area (Å²) in [4.78, 5) is 28.8. The van der Waals surface area contributed by atoms with E-state index in [-0.39, 0.29) is 11.9 Å². The largest absolute Gasteiger partial charge is 0.490 e. The molecule has 0 radical (unpaired) electrons. The van der Waals surface area contributed by atoms with Crippen molar-refractivity contribution in [1.82, 2.24) is 30.0 Å². The molecule has 1 amide bonds. The van der Waals surface area contributed by atoms with Crippen molar-refractivity contribution >= 4 is 33.7 Å². The fourth-order valence-corrected chi connectivity index (χ4v) is 5.39. The van der Waals surface area contributed by atoms with Gasteiger partial charge in [0.25, 0.3) is 0 Å². The van der Waals surface area contributed by atoms with E-state index in [0.29, 0.717) is 6.42 Å². The maximum absolute atomic E-state index is 13.2. The third-order valence-electron chi connectivity index (χ3n) is 7.93. The molecule has 0 bridgehead atoms. The van der Waals surface area contributed by atoms with Gasteiger partial charge in [0.2, 0.25) is 5.91 Å². The van der Waals surface area contributed by atoms with Crippen LogP contribution in [0.1, 0.15) is 75.3 Å². The van der Waals surface area contributed by atoms with E-state index in [0.717, 1.165) is 65.9 Å². The standard InChI is InChI=1S/C32H41N7O.C2HF3O2/c1-4-5-6-11-18-39-29(17-16-22-20-34-26-14-9-7-12-24(22)26)37-38-30(39)28(36-31(40)32(2,3)33)19-23-21-35-27-15-10-8-13-25(23)27;3-2(4,5)1(6)7/h7-10,12-15,20-21,28,34-35H,4-6,11,16-19,33H2,1-3H3,(H,36,40);(H,6,7)/t28-;/m1./s1. The van der Waals surface area contributed by atoms with E-state index >= 15 is 0 Å². The summed E-state index contributed by atoms with van der Waals surface area (Å²) in [6.07, 6.45) is 5.79. The van der Waals surface area contributed by atoms with Gasteiger partial charge in [0.05, 0.1) is 11.6 Å². The number of rotatable bonds is 13. The van der Waals surface area contributed by atoms with E-state index in [2.05, 4.69) is 68.4 Å². The Morgan fingerprint density at radius 2 is 1.49 bits per heavy atom. The number of aryl methyl sites for hydroxylation is 2. The number of fused-ring (bicyclic) bond motifs is 2. The zero-order chi connectivity index (χ0) is 34.2. The number of carbonyl (C=O) groups is 2. The molecule has 5 aromatic rings. The highest BCUT2D eigenvalue weighted by Gasteiger charge is 2.38. The van der Waals surface area contributed by atoms with Crippen LogP contribution >= 0.6 is 0 Å². The Balaban J connectivity index is 0.000000644. The summed E-state index contributed by atoms with van der Waals surface area (Å²) >= 11 is 0. The van der Waals surface area contributed by atoms with Crippen molar-refractivity contribution in [2.24, 2.45) is 5.73 Å². The number of carboxylic acid groups (broad SMARTS) is 1. The molecular formula is C34H42F3N7O3. The molecule has 2 aromatic carbocycles. The van der Waals surface area contributed by atoms with E-state index < -0.39 is 17.7 Å². The van der Waals surface area contributed by atoms with Crippen LogP contribution in [0, 0.1) is 0 Å². The van der Waals surface area contributed by atoms with Crippen LogP contribution in [0.4, 0.5) is 13.2 Å². The van der Waals surface area contributed by atoms with Gasteiger partial charge in [-0.15, -0.1) is 10.2 Å². The van der Waals surface area contributed by atoms with Gasteiger partial charge in [0, 0.05) is 53.6 Å². The van der Waals surface area contributed by atoms with E-state index in [9.17, 15) is 18.0 Å². The predicted molar refractivity (Wildman–Crippen MR) is 175 cm³/mol. The first-order valence-corrected chi connectivity index (χ1v) is 15.7. The number of nitrogens with one attached hydrogen (secondary N) is 3. The first-order valence-electron chi connectivity index (χ1n) is 15.7. The molecule has 252 valence electrons. The number of nitrogens with zero attached hydrogens (tertiary/aromatic N) is 3.